The highest BCUT2D eigenvalue weighted by molar-refractivity contribution is 14.1. The van der Waals surface area contributed by atoms with E-state index < -0.39 is 0 Å². The number of hydrogen-bond donors (Lipinski definition) is 1. The molecule has 1 saturated heterocycles. The summed E-state index contributed by atoms with van der Waals surface area (Å²) in [5.74, 6) is 2.71. The first kappa shape index (κ1) is 15.0. The molecule has 19 heavy (non-hydrogen) atoms. The van der Waals surface area contributed by atoms with Crippen LogP contribution in [0, 0.1) is 3.57 Å². The van der Waals surface area contributed by atoms with E-state index in [1.54, 1.807) is 0 Å². The molecule has 4 nitrogen and oxygen atoms in total. The minimum absolute atomic E-state index is 0.358. The molecular weight excluding hydrogens is 353 g/mol. The third-order valence-electron chi connectivity index (χ3n) is 3.28. The molecule has 1 unspecified atom stereocenters. The van der Waals surface area contributed by atoms with Gasteiger partial charge in [-0.2, -0.15) is 0 Å². The highest BCUT2D eigenvalue weighted by Crippen LogP contribution is 2.29. The van der Waals surface area contributed by atoms with Crippen LogP contribution in [-0.4, -0.2) is 29.7 Å². The zero-order valence-corrected chi connectivity index (χ0v) is 14.0. The van der Waals surface area contributed by atoms with E-state index in [1.165, 1.54) is 0 Å². The summed E-state index contributed by atoms with van der Waals surface area (Å²) in [6.45, 7) is 9.06. The van der Waals surface area contributed by atoms with Crippen LogP contribution in [-0.2, 0) is 4.74 Å². The molecule has 0 saturated carbocycles. The van der Waals surface area contributed by atoms with Crippen LogP contribution in [0.5, 0.6) is 0 Å². The van der Waals surface area contributed by atoms with Crippen LogP contribution in [0.3, 0.4) is 0 Å². The molecule has 0 amide bonds. The Hall–Kier alpha value is -0.430. The van der Waals surface area contributed by atoms with Crippen LogP contribution in [0.15, 0.2) is 0 Å². The molecule has 0 aromatic carbocycles. The van der Waals surface area contributed by atoms with Crippen molar-refractivity contribution in [2.45, 2.75) is 45.4 Å². The Morgan fingerprint density at radius 2 is 2.21 bits per heavy atom. The molecule has 1 aromatic heterocycles. The first-order valence-electron chi connectivity index (χ1n) is 7.02. The molecule has 1 aliphatic heterocycles. The van der Waals surface area contributed by atoms with Gasteiger partial charge in [0.25, 0.3) is 0 Å². The third kappa shape index (κ3) is 3.56. The fourth-order valence-electron chi connectivity index (χ4n) is 2.15. The maximum absolute atomic E-state index is 5.46. The standard InChI is InChI=1S/C14H22IN3O/c1-4-6-16-14-11(15)12(9(2)3)17-13(18-14)10-5-7-19-8-10/h9-10H,4-8H2,1-3H3,(H,16,17,18). The molecule has 1 aromatic rings. The van der Waals surface area contributed by atoms with Crippen molar-refractivity contribution in [1.82, 2.24) is 9.97 Å². The van der Waals surface area contributed by atoms with Crippen molar-refractivity contribution in [3.8, 4) is 0 Å². The summed E-state index contributed by atoms with van der Waals surface area (Å²) in [7, 11) is 0. The number of nitrogens with zero attached hydrogens (tertiary/aromatic N) is 2. The number of halogens is 1. The molecule has 0 radical (unpaired) electrons. The molecule has 1 aliphatic rings. The summed E-state index contributed by atoms with van der Waals surface area (Å²) in [6.07, 6.45) is 2.13. The molecule has 2 rings (SSSR count). The fourth-order valence-corrected chi connectivity index (χ4v) is 3.20. The summed E-state index contributed by atoms with van der Waals surface area (Å²) in [6, 6.07) is 0. The van der Waals surface area contributed by atoms with Gasteiger partial charge in [-0.15, -0.1) is 0 Å². The minimum atomic E-state index is 0.358. The molecular formula is C14H22IN3O. The molecule has 5 heteroatoms. The lowest BCUT2D eigenvalue weighted by Crippen LogP contribution is -2.14. The SMILES string of the molecule is CCCNc1nc(C2CCOC2)nc(C(C)C)c1I. The smallest absolute Gasteiger partial charge is 0.143 e. The van der Waals surface area contributed by atoms with Gasteiger partial charge in [0, 0.05) is 19.1 Å². The monoisotopic (exact) mass is 375 g/mol. The Morgan fingerprint density at radius 1 is 1.42 bits per heavy atom. The van der Waals surface area contributed by atoms with Crippen molar-refractivity contribution in [1.29, 1.82) is 0 Å². The highest BCUT2D eigenvalue weighted by atomic mass is 127. The van der Waals surface area contributed by atoms with Crippen LogP contribution in [0.25, 0.3) is 0 Å². The van der Waals surface area contributed by atoms with Gasteiger partial charge >= 0.3 is 0 Å². The number of anilines is 1. The van der Waals surface area contributed by atoms with E-state index in [-0.39, 0.29) is 0 Å². The molecule has 0 spiro atoms. The Kier molecular flexibility index (Phi) is 5.38. The summed E-state index contributed by atoms with van der Waals surface area (Å²) in [4.78, 5) is 9.51. The maximum atomic E-state index is 5.46. The summed E-state index contributed by atoms with van der Waals surface area (Å²) in [5.41, 5.74) is 1.15. The lowest BCUT2D eigenvalue weighted by atomic mass is 10.1. The normalized spacial score (nSPS) is 19.1. The second-order valence-corrected chi connectivity index (χ2v) is 6.35. The number of hydrogen-bond acceptors (Lipinski definition) is 4. The fraction of sp³-hybridized carbons (Fsp3) is 0.714. The van der Waals surface area contributed by atoms with Gasteiger partial charge in [-0.05, 0) is 41.4 Å². The van der Waals surface area contributed by atoms with Crippen molar-refractivity contribution < 1.29 is 4.74 Å². The van der Waals surface area contributed by atoms with Crippen LogP contribution in [0.2, 0.25) is 0 Å². The summed E-state index contributed by atoms with van der Waals surface area (Å²) in [5, 5.41) is 3.42. The quantitative estimate of drug-likeness (QED) is 0.800. The van der Waals surface area contributed by atoms with E-state index in [9.17, 15) is 0 Å². The van der Waals surface area contributed by atoms with Gasteiger partial charge in [0.2, 0.25) is 0 Å². The predicted molar refractivity (Wildman–Crippen MR) is 85.8 cm³/mol. The van der Waals surface area contributed by atoms with Gasteiger partial charge in [0.05, 0.1) is 15.9 Å². The molecule has 1 atom stereocenters. The van der Waals surface area contributed by atoms with Crippen molar-refractivity contribution in [3.63, 3.8) is 0 Å². The molecule has 1 fully saturated rings. The van der Waals surface area contributed by atoms with E-state index in [0.717, 1.165) is 53.5 Å². The maximum Gasteiger partial charge on any atom is 0.143 e. The van der Waals surface area contributed by atoms with Crippen LogP contribution >= 0.6 is 22.6 Å². The topological polar surface area (TPSA) is 47.0 Å². The second kappa shape index (κ2) is 6.83. The predicted octanol–water partition coefficient (Wildman–Crippen LogP) is 3.53. The summed E-state index contributed by atoms with van der Waals surface area (Å²) >= 11 is 2.36. The molecule has 106 valence electrons. The Balaban J connectivity index is 2.35. The van der Waals surface area contributed by atoms with E-state index in [0.29, 0.717) is 11.8 Å². The van der Waals surface area contributed by atoms with Gasteiger partial charge in [0.15, 0.2) is 0 Å². The van der Waals surface area contributed by atoms with Crippen molar-refractivity contribution >= 4 is 28.4 Å². The van der Waals surface area contributed by atoms with Gasteiger partial charge < -0.3 is 10.1 Å². The van der Waals surface area contributed by atoms with Crippen LogP contribution < -0.4 is 5.32 Å². The Bertz CT molecular complexity index is 431. The van der Waals surface area contributed by atoms with Crippen molar-refractivity contribution in [2.24, 2.45) is 0 Å². The van der Waals surface area contributed by atoms with Gasteiger partial charge in [-0.3, -0.25) is 0 Å². The van der Waals surface area contributed by atoms with Crippen molar-refractivity contribution in [3.05, 3.63) is 15.1 Å². The summed E-state index contributed by atoms with van der Waals surface area (Å²) < 4.78 is 6.62. The average Bonchev–Trinajstić information content (AvgIpc) is 2.91. The largest absolute Gasteiger partial charge is 0.381 e. The number of rotatable bonds is 5. The zero-order chi connectivity index (χ0) is 13.8. The lowest BCUT2D eigenvalue weighted by Gasteiger charge is -2.16. The zero-order valence-electron chi connectivity index (χ0n) is 11.9. The first-order valence-corrected chi connectivity index (χ1v) is 8.10. The molecule has 1 N–H and O–H groups in total. The third-order valence-corrected chi connectivity index (χ3v) is 4.34. The lowest BCUT2D eigenvalue weighted by molar-refractivity contribution is 0.193. The van der Waals surface area contributed by atoms with E-state index in [4.69, 9.17) is 14.7 Å². The Morgan fingerprint density at radius 3 is 2.79 bits per heavy atom. The molecule has 0 aliphatic carbocycles. The van der Waals surface area contributed by atoms with Gasteiger partial charge in [-0.25, -0.2) is 9.97 Å². The second-order valence-electron chi connectivity index (χ2n) is 5.27. The van der Waals surface area contributed by atoms with Gasteiger partial charge in [-0.1, -0.05) is 20.8 Å². The van der Waals surface area contributed by atoms with Crippen molar-refractivity contribution in [2.75, 3.05) is 25.1 Å². The first-order chi connectivity index (χ1) is 9.13. The van der Waals surface area contributed by atoms with Gasteiger partial charge in [0.1, 0.15) is 11.6 Å². The van der Waals surface area contributed by atoms with Crippen LogP contribution in [0.4, 0.5) is 5.82 Å². The number of nitrogens with one attached hydrogen (secondary N) is 1. The van der Waals surface area contributed by atoms with E-state index >= 15 is 0 Å². The number of aromatic nitrogens is 2. The van der Waals surface area contributed by atoms with E-state index in [1.807, 2.05) is 0 Å². The minimum Gasteiger partial charge on any atom is -0.381 e. The average molecular weight is 375 g/mol. The molecule has 0 bridgehead atoms. The molecule has 2 heterocycles. The highest BCUT2D eigenvalue weighted by Gasteiger charge is 2.24. The Labute approximate surface area is 128 Å². The number of ether oxygens (including phenoxy) is 1. The van der Waals surface area contributed by atoms with Crippen LogP contribution in [0.1, 0.15) is 57.0 Å². The van der Waals surface area contributed by atoms with E-state index in [2.05, 4.69) is 48.7 Å².